The van der Waals surface area contributed by atoms with Crippen molar-refractivity contribution >= 4 is 28.7 Å². The third kappa shape index (κ3) is 3.93. The summed E-state index contributed by atoms with van der Waals surface area (Å²) >= 11 is 0. The van der Waals surface area contributed by atoms with Crippen molar-refractivity contribution in [3.05, 3.63) is 64.5 Å². The molecule has 2 N–H and O–H groups in total. The van der Waals surface area contributed by atoms with E-state index in [1.165, 1.54) is 20.5 Å². The molecule has 2 aromatic carbocycles. The topological polar surface area (TPSA) is 111 Å². The lowest BCUT2D eigenvalue weighted by atomic mass is 10.2. The van der Waals surface area contributed by atoms with Gasteiger partial charge in [-0.1, -0.05) is 18.2 Å². The number of rotatable bonds is 7. The van der Waals surface area contributed by atoms with Gasteiger partial charge in [0, 0.05) is 0 Å². The number of nitrogens with zero attached hydrogens (tertiary/aromatic N) is 3. The molecular formula is C19H19N5O4. The minimum atomic E-state index is -0.539. The van der Waals surface area contributed by atoms with Crippen LogP contribution in [0.1, 0.15) is 5.56 Å². The highest BCUT2D eigenvalue weighted by atomic mass is 16.6. The molecule has 144 valence electrons. The van der Waals surface area contributed by atoms with Gasteiger partial charge < -0.3 is 20.1 Å². The molecule has 3 aromatic rings. The van der Waals surface area contributed by atoms with Gasteiger partial charge in [0.1, 0.15) is 17.8 Å². The number of hydrogen-bond acceptors (Lipinski definition) is 8. The Morgan fingerprint density at radius 1 is 0.929 bits per heavy atom. The van der Waals surface area contributed by atoms with E-state index in [4.69, 9.17) is 9.47 Å². The Kier molecular flexibility index (Phi) is 5.54. The molecule has 0 radical (unpaired) electrons. The van der Waals surface area contributed by atoms with Gasteiger partial charge in [0.15, 0.2) is 0 Å². The fraction of sp³-hybridized carbons (Fsp3) is 0.158. The van der Waals surface area contributed by atoms with Gasteiger partial charge in [-0.15, -0.1) is 0 Å². The fourth-order valence-corrected chi connectivity index (χ4v) is 2.66. The van der Waals surface area contributed by atoms with Crippen molar-refractivity contribution in [2.75, 3.05) is 24.9 Å². The Bertz CT molecular complexity index is 1010. The van der Waals surface area contributed by atoms with Gasteiger partial charge in [-0.2, -0.15) is 0 Å². The first-order valence-electron chi connectivity index (χ1n) is 8.34. The summed E-state index contributed by atoms with van der Waals surface area (Å²) in [5.41, 5.74) is 1.78. The van der Waals surface area contributed by atoms with Crippen LogP contribution in [0.5, 0.6) is 11.5 Å². The number of aryl methyl sites for hydroxylation is 1. The Hall–Kier alpha value is -3.88. The molecule has 9 heteroatoms. The van der Waals surface area contributed by atoms with Gasteiger partial charge >= 0.3 is 5.69 Å². The molecule has 0 bridgehead atoms. The van der Waals surface area contributed by atoms with Crippen LogP contribution < -0.4 is 20.1 Å². The summed E-state index contributed by atoms with van der Waals surface area (Å²) in [7, 11) is 3.05. The maximum absolute atomic E-state index is 11.8. The smallest absolute Gasteiger partial charge is 0.353 e. The summed E-state index contributed by atoms with van der Waals surface area (Å²) in [6.45, 7) is 1.91. The van der Waals surface area contributed by atoms with Crippen LogP contribution >= 0.6 is 0 Å². The Labute approximate surface area is 161 Å². The second-order valence-corrected chi connectivity index (χ2v) is 5.83. The lowest BCUT2D eigenvalue weighted by molar-refractivity contribution is -0.383. The molecule has 0 atom stereocenters. The third-order valence-corrected chi connectivity index (χ3v) is 3.97. The standard InChI is InChI=1S/C19H19N5O4/c1-12-8-9-16(28-3)14(10-12)23-19-17(24(25)26)18(20-11-21-19)22-13-6-4-5-7-15(13)27-2/h4-11H,1-3H3,(H2,20,21,22,23). The lowest BCUT2D eigenvalue weighted by Crippen LogP contribution is -2.06. The van der Waals surface area contributed by atoms with Crippen molar-refractivity contribution in [2.24, 2.45) is 0 Å². The van der Waals surface area contributed by atoms with Crippen LogP contribution in [-0.4, -0.2) is 29.1 Å². The van der Waals surface area contributed by atoms with Gasteiger partial charge in [0.25, 0.3) is 0 Å². The van der Waals surface area contributed by atoms with Crippen LogP contribution in [0.15, 0.2) is 48.8 Å². The van der Waals surface area contributed by atoms with Crippen LogP contribution in [0.4, 0.5) is 28.7 Å². The highest BCUT2D eigenvalue weighted by Gasteiger charge is 2.24. The molecule has 9 nitrogen and oxygen atoms in total. The van der Waals surface area contributed by atoms with E-state index in [1.54, 1.807) is 30.3 Å². The lowest BCUT2D eigenvalue weighted by Gasteiger charge is -2.14. The summed E-state index contributed by atoms with van der Waals surface area (Å²) in [5.74, 6) is 1.16. The average Bonchev–Trinajstić information content (AvgIpc) is 2.68. The summed E-state index contributed by atoms with van der Waals surface area (Å²) in [6.07, 6.45) is 1.25. The van der Waals surface area contributed by atoms with Crippen molar-refractivity contribution in [1.29, 1.82) is 0 Å². The maximum Gasteiger partial charge on any atom is 0.353 e. The van der Waals surface area contributed by atoms with Crippen molar-refractivity contribution in [2.45, 2.75) is 6.92 Å². The zero-order valence-corrected chi connectivity index (χ0v) is 15.6. The third-order valence-electron chi connectivity index (χ3n) is 3.97. The monoisotopic (exact) mass is 381 g/mol. The van der Waals surface area contributed by atoms with Crippen molar-refractivity contribution in [3.8, 4) is 11.5 Å². The van der Waals surface area contributed by atoms with Gasteiger partial charge in [-0.05, 0) is 36.8 Å². The van der Waals surface area contributed by atoms with Gasteiger partial charge in [0.05, 0.1) is 30.5 Å². The number of benzene rings is 2. The summed E-state index contributed by atoms with van der Waals surface area (Å²) < 4.78 is 10.6. The normalized spacial score (nSPS) is 10.2. The van der Waals surface area contributed by atoms with E-state index in [0.29, 0.717) is 22.9 Å². The van der Waals surface area contributed by atoms with Crippen molar-refractivity contribution < 1.29 is 14.4 Å². The molecule has 0 saturated carbocycles. The number of anilines is 4. The van der Waals surface area contributed by atoms with Crippen LogP contribution in [0.2, 0.25) is 0 Å². The predicted octanol–water partition coefficient (Wildman–Crippen LogP) is 4.20. The summed E-state index contributed by atoms with van der Waals surface area (Å²) in [6, 6.07) is 12.5. The first-order valence-corrected chi connectivity index (χ1v) is 8.34. The molecule has 1 heterocycles. The number of methoxy groups -OCH3 is 2. The summed E-state index contributed by atoms with van der Waals surface area (Å²) in [5, 5.41) is 17.7. The molecule has 0 unspecified atom stereocenters. The van der Waals surface area contributed by atoms with Crippen molar-refractivity contribution in [3.63, 3.8) is 0 Å². The maximum atomic E-state index is 11.8. The highest BCUT2D eigenvalue weighted by Crippen LogP contribution is 2.37. The van der Waals surface area contributed by atoms with Crippen molar-refractivity contribution in [1.82, 2.24) is 9.97 Å². The number of hydrogen-bond donors (Lipinski definition) is 2. The Morgan fingerprint density at radius 3 is 2.18 bits per heavy atom. The van der Waals surface area contributed by atoms with E-state index >= 15 is 0 Å². The predicted molar refractivity (Wildman–Crippen MR) is 106 cm³/mol. The Balaban J connectivity index is 2.03. The highest BCUT2D eigenvalue weighted by molar-refractivity contribution is 5.79. The van der Waals surface area contributed by atoms with Crippen LogP contribution in [-0.2, 0) is 0 Å². The average molecular weight is 381 g/mol. The molecule has 1 aromatic heterocycles. The van der Waals surface area contributed by atoms with Gasteiger partial charge in [-0.25, -0.2) is 9.97 Å². The number of aromatic nitrogens is 2. The van der Waals surface area contributed by atoms with E-state index in [0.717, 1.165) is 5.56 Å². The molecule has 3 rings (SSSR count). The van der Waals surface area contributed by atoms with Crippen LogP contribution in [0.25, 0.3) is 0 Å². The van der Waals surface area contributed by atoms with E-state index in [9.17, 15) is 10.1 Å². The quantitative estimate of drug-likeness (QED) is 0.463. The molecule has 0 aliphatic carbocycles. The molecule has 0 amide bonds. The largest absolute Gasteiger partial charge is 0.495 e. The van der Waals surface area contributed by atoms with E-state index < -0.39 is 4.92 Å². The number of nitrogens with one attached hydrogen (secondary N) is 2. The second kappa shape index (κ2) is 8.21. The van der Waals surface area contributed by atoms with E-state index in [2.05, 4.69) is 20.6 Å². The Morgan fingerprint density at radius 2 is 1.54 bits per heavy atom. The number of ether oxygens (including phenoxy) is 2. The van der Waals surface area contributed by atoms with E-state index in [-0.39, 0.29) is 17.3 Å². The molecule has 0 fully saturated rings. The number of nitro groups is 1. The molecule has 0 saturated heterocycles. The fourth-order valence-electron chi connectivity index (χ4n) is 2.66. The second-order valence-electron chi connectivity index (χ2n) is 5.83. The van der Waals surface area contributed by atoms with Crippen LogP contribution in [0, 0.1) is 17.0 Å². The molecular weight excluding hydrogens is 362 g/mol. The first-order chi connectivity index (χ1) is 13.5. The zero-order chi connectivity index (χ0) is 20.1. The van der Waals surface area contributed by atoms with Gasteiger partial charge in [-0.3, -0.25) is 10.1 Å². The summed E-state index contributed by atoms with van der Waals surface area (Å²) in [4.78, 5) is 19.3. The molecule has 0 aliphatic heterocycles. The van der Waals surface area contributed by atoms with Crippen LogP contribution in [0.3, 0.4) is 0 Å². The SMILES string of the molecule is COc1ccccc1Nc1ncnc(Nc2cc(C)ccc2OC)c1[N+](=O)[O-]. The van der Waals surface area contributed by atoms with Gasteiger partial charge in [0.2, 0.25) is 11.6 Å². The zero-order valence-electron chi connectivity index (χ0n) is 15.6. The molecule has 0 aliphatic rings. The van der Waals surface area contributed by atoms with E-state index in [1.807, 2.05) is 19.1 Å². The minimum Gasteiger partial charge on any atom is -0.495 e. The number of para-hydroxylation sites is 2. The molecule has 28 heavy (non-hydrogen) atoms. The minimum absolute atomic E-state index is 0.0404. The first kappa shape index (κ1) is 18.9. The molecule has 0 spiro atoms.